The van der Waals surface area contributed by atoms with Crippen LogP contribution in [-0.2, 0) is 13.5 Å². The van der Waals surface area contributed by atoms with Crippen LogP contribution in [0.4, 0.5) is 0 Å². The summed E-state index contributed by atoms with van der Waals surface area (Å²) >= 11 is 0. The van der Waals surface area contributed by atoms with Crippen molar-refractivity contribution in [2.24, 2.45) is 24.8 Å². The standard InChI is InChI=1S/C16H27N3/c1-3-17-16(11-15-6-7-19(2)18-15)10-14-9-12-4-5-13(14)8-12/h6-7,12-14,16-17H,3-5,8-11H2,1-2H3. The molecule has 0 radical (unpaired) electrons. The molecule has 4 unspecified atom stereocenters. The molecule has 0 amide bonds. The van der Waals surface area contributed by atoms with E-state index in [-0.39, 0.29) is 0 Å². The van der Waals surface area contributed by atoms with E-state index in [0.29, 0.717) is 6.04 Å². The topological polar surface area (TPSA) is 29.9 Å². The fourth-order valence-electron chi connectivity index (χ4n) is 4.38. The van der Waals surface area contributed by atoms with E-state index in [1.807, 2.05) is 11.7 Å². The van der Waals surface area contributed by atoms with Crippen LogP contribution >= 0.6 is 0 Å². The highest BCUT2D eigenvalue weighted by Crippen LogP contribution is 2.49. The van der Waals surface area contributed by atoms with E-state index < -0.39 is 0 Å². The third kappa shape index (κ3) is 3.02. The number of nitrogens with one attached hydrogen (secondary N) is 1. The van der Waals surface area contributed by atoms with E-state index in [9.17, 15) is 0 Å². The summed E-state index contributed by atoms with van der Waals surface area (Å²) in [5.41, 5.74) is 1.23. The van der Waals surface area contributed by atoms with Gasteiger partial charge in [0.2, 0.25) is 0 Å². The Morgan fingerprint density at radius 2 is 2.32 bits per heavy atom. The molecule has 3 rings (SSSR count). The average Bonchev–Trinajstić information content (AvgIpc) is 3.06. The number of fused-ring (bicyclic) bond motifs is 2. The second-order valence-corrected chi connectivity index (χ2v) is 6.61. The van der Waals surface area contributed by atoms with Gasteiger partial charge in [0, 0.05) is 25.7 Å². The Kier molecular flexibility index (Phi) is 3.92. The summed E-state index contributed by atoms with van der Waals surface area (Å²) in [7, 11) is 2.00. The highest BCUT2D eigenvalue weighted by molar-refractivity contribution is 5.02. The molecule has 2 bridgehead atoms. The molecular formula is C16H27N3. The second-order valence-electron chi connectivity index (χ2n) is 6.61. The Morgan fingerprint density at radius 1 is 1.42 bits per heavy atom. The summed E-state index contributed by atoms with van der Waals surface area (Å²) in [6, 6.07) is 2.77. The van der Waals surface area contributed by atoms with Crippen LogP contribution < -0.4 is 5.32 Å². The van der Waals surface area contributed by atoms with E-state index in [0.717, 1.165) is 30.7 Å². The van der Waals surface area contributed by atoms with Gasteiger partial charge >= 0.3 is 0 Å². The minimum absolute atomic E-state index is 0.615. The van der Waals surface area contributed by atoms with Gasteiger partial charge < -0.3 is 5.32 Å². The first-order chi connectivity index (χ1) is 9.24. The van der Waals surface area contributed by atoms with Crippen molar-refractivity contribution in [2.75, 3.05) is 6.54 Å². The molecule has 0 aliphatic heterocycles. The van der Waals surface area contributed by atoms with Gasteiger partial charge in [0.05, 0.1) is 5.69 Å². The van der Waals surface area contributed by atoms with Gasteiger partial charge in [-0.15, -0.1) is 0 Å². The van der Waals surface area contributed by atoms with Crippen molar-refractivity contribution in [1.29, 1.82) is 0 Å². The molecule has 1 aromatic heterocycles. The average molecular weight is 261 g/mol. The Hall–Kier alpha value is -0.830. The zero-order valence-electron chi connectivity index (χ0n) is 12.3. The van der Waals surface area contributed by atoms with Gasteiger partial charge in [0.15, 0.2) is 0 Å². The van der Waals surface area contributed by atoms with Crippen molar-refractivity contribution in [3.8, 4) is 0 Å². The smallest absolute Gasteiger partial charge is 0.0640 e. The van der Waals surface area contributed by atoms with Crippen LogP contribution in [-0.4, -0.2) is 22.4 Å². The van der Waals surface area contributed by atoms with Crippen LogP contribution in [0.25, 0.3) is 0 Å². The molecular weight excluding hydrogens is 234 g/mol. The molecule has 2 saturated carbocycles. The summed E-state index contributed by atoms with van der Waals surface area (Å²) < 4.78 is 1.91. The van der Waals surface area contributed by atoms with Crippen LogP contribution in [0, 0.1) is 17.8 Å². The summed E-state index contributed by atoms with van der Waals surface area (Å²) in [5, 5.41) is 8.21. The number of aryl methyl sites for hydroxylation is 1. The first-order valence-electron chi connectivity index (χ1n) is 7.96. The van der Waals surface area contributed by atoms with E-state index in [1.54, 1.807) is 0 Å². The minimum atomic E-state index is 0.615. The molecule has 0 spiro atoms. The van der Waals surface area contributed by atoms with Gasteiger partial charge in [-0.1, -0.05) is 13.3 Å². The van der Waals surface area contributed by atoms with Crippen LogP contribution in [0.2, 0.25) is 0 Å². The normalized spacial score (nSPS) is 30.9. The summed E-state index contributed by atoms with van der Waals surface area (Å²) in [5.74, 6) is 3.08. The highest BCUT2D eigenvalue weighted by atomic mass is 15.2. The van der Waals surface area contributed by atoms with E-state index in [2.05, 4.69) is 29.6 Å². The lowest BCUT2D eigenvalue weighted by molar-refractivity contribution is 0.277. The van der Waals surface area contributed by atoms with Crippen molar-refractivity contribution < 1.29 is 0 Å². The Labute approximate surface area is 116 Å². The van der Waals surface area contributed by atoms with Gasteiger partial charge in [-0.3, -0.25) is 4.68 Å². The molecule has 1 aromatic rings. The molecule has 0 aromatic carbocycles. The van der Waals surface area contributed by atoms with Crippen LogP contribution in [0.3, 0.4) is 0 Å². The predicted molar refractivity (Wildman–Crippen MR) is 77.9 cm³/mol. The lowest BCUT2D eigenvalue weighted by Crippen LogP contribution is -2.34. The number of aromatic nitrogens is 2. The molecule has 1 N–H and O–H groups in total. The number of likely N-dealkylation sites (N-methyl/N-ethyl adjacent to an activating group) is 1. The maximum Gasteiger partial charge on any atom is 0.0640 e. The van der Waals surface area contributed by atoms with Crippen LogP contribution in [0.15, 0.2) is 12.3 Å². The molecule has 3 nitrogen and oxygen atoms in total. The third-order valence-corrected chi connectivity index (χ3v) is 5.19. The summed E-state index contributed by atoms with van der Waals surface area (Å²) in [6.07, 6.45) is 10.5. The first kappa shape index (κ1) is 13.2. The largest absolute Gasteiger partial charge is 0.314 e. The maximum absolute atomic E-state index is 4.53. The van der Waals surface area contributed by atoms with Crippen molar-refractivity contribution in [2.45, 2.75) is 51.5 Å². The van der Waals surface area contributed by atoms with E-state index in [4.69, 9.17) is 0 Å². The van der Waals surface area contributed by atoms with Crippen LogP contribution in [0.1, 0.15) is 44.7 Å². The monoisotopic (exact) mass is 261 g/mol. The molecule has 2 fully saturated rings. The quantitative estimate of drug-likeness (QED) is 0.853. The molecule has 2 aliphatic carbocycles. The number of rotatable bonds is 6. The van der Waals surface area contributed by atoms with Crippen molar-refractivity contribution in [1.82, 2.24) is 15.1 Å². The number of hydrogen-bond acceptors (Lipinski definition) is 2. The number of hydrogen-bond donors (Lipinski definition) is 1. The van der Waals surface area contributed by atoms with Gasteiger partial charge in [-0.2, -0.15) is 5.10 Å². The highest BCUT2D eigenvalue weighted by Gasteiger charge is 2.39. The molecule has 19 heavy (non-hydrogen) atoms. The Balaban J connectivity index is 1.58. The fraction of sp³-hybridized carbons (Fsp3) is 0.812. The Morgan fingerprint density at radius 3 is 2.89 bits per heavy atom. The van der Waals surface area contributed by atoms with Gasteiger partial charge in [-0.05, 0) is 56.0 Å². The molecule has 2 aliphatic rings. The lowest BCUT2D eigenvalue weighted by atomic mass is 9.83. The third-order valence-electron chi connectivity index (χ3n) is 5.19. The second kappa shape index (κ2) is 5.66. The molecule has 1 heterocycles. The van der Waals surface area contributed by atoms with E-state index >= 15 is 0 Å². The fourth-order valence-corrected chi connectivity index (χ4v) is 4.38. The van der Waals surface area contributed by atoms with Crippen molar-refractivity contribution in [3.05, 3.63) is 18.0 Å². The molecule has 0 saturated heterocycles. The number of nitrogens with zero attached hydrogens (tertiary/aromatic N) is 2. The van der Waals surface area contributed by atoms with Crippen LogP contribution in [0.5, 0.6) is 0 Å². The first-order valence-corrected chi connectivity index (χ1v) is 7.96. The minimum Gasteiger partial charge on any atom is -0.314 e. The zero-order chi connectivity index (χ0) is 13.2. The SMILES string of the molecule is CCNC(Cc1ccn(C)n1)CC1CC2CCC1C2. The molecule has 3 heteroatoms. The van der Waals surface area contributed by atoms with Gasteiger partial charge in [0.1, 0.15) is 0 Å². The summed E-state index contributed by atoms with van der Waals surface area (Å²) in [4.78, 5) is 0. The van der Waals surface area contributed by atoms with Gasteiger partial charge in [-0.25, -0.2) is 0 Å². The predicted octanol–water partition coefficient (Wildman–Crippen LogP) is 2.77. The molecule has 4 atom stereocenters. The van der Waals surface area contributed by atoms with Crippen molar-refractivity contribution in [3.63, 3.8) is 0 Å². The summed E-state index contributed by atoms with van der Waals surface area (Å²) in [6.45, 7) is 3.28. The maximum atomic E-state index is 4.53. The Bertz CT molecular complexity index is 412. The van der Waals surface area contributed by atoms with Gasteiger partial charge in [0.25, 0.3) is 0 Å². The molecule has 106 valence electrons. The lowest BCUT2D eigenvalue weighted by Gasteiger charge is -2.27. The van der Waals surface area contributed by atoms with Crippen molar-refractivity contribution >= 4 is 0 Å². The zero-order valence-corrected chi connectivity index (χ0v) is 12.3. The van der Waals surface area contributed by atoms with E-state index in [1.165, 1.54) is 37.8 Å².